The lowest BCUT2D eigenvalue weighted by Gasteiger charge is -2.10. The highest BCUT2D eigenvalue weighted by molar-refractivity contribution is 5.83. The third-order valence-corrected chi connectivity index (χ3v) is 4.00. The maximum Gasteiger partial charge on any atom is 0.316 e. The van der Waals surface area contributed by atoms with Crippen molar-refractivity contribution in [3.05, 3.63) is 66.2 Å². The summed E-state index contributed by atoms with van der Waals surface area (Å²) in [6, 6.07) is 15.3. The monoisotopic (exact) mass is 372 g/mol. The van der Waals surface area contributed by atoms with Crippen molar-refractivity contribution in [2.45, 2.75) is 6.61 Å². The predicted molar refractivity (Wildman–Crippen MR) is 103 cm³/mol. The van der Waals surface area contributed by atoms with Gasteiger partial charge in [0, 0.05) is 35.7 Å². The molecule has 8 heteroatoms. The number of H-pyrrole nitrogens is 1. The van der Waals surface area contributed by atoms with Gasteiger partial charge in [0.05, 0.1) is 12.8 Å². The number of benzene rings is 1. The van der Waals surface area contributed by atoms with Crippen LogP contribution < -0.4 is 14.8 Å². The number of ether oxygens (including phenoxy) is 2. The quantitative estimate of drug-likeness (QED) is 0.533. The van der Waals surface area contributed by atoms with E-state index in [1.807, 2.05) is 30.5 Å². The molecule has 0 unspecified atom stereocenters. The van der Waals surface area contributed by atoms with Gasteiger partial charge in [-0.15, -0.1) is 0 Å². The molecule has 0 bridgehead atoms. The second kappa shape index (κ2) is 7.63. The average Bonchev–Trinajstić information content (AvgIpc) is 3.20. The molecule has 0 aliphatic rings. The number of rotatable bonds is 6. The number of nitrogens with one attached hydrogen (secondary N) is 2. The largest absolute Gasteiger partial charge is 0.487 e. The van der Waals surface area contributed by atoms with E-state index in [2.05, 4.69) is 31.3 Å². The zero-order valence-corrected chi connectivity index (χ0v) is 15.0. The topological polar surface area (TPSA) is 109 Å². The predicted octanol–water partition coefficient (Wildman–Crippen LogP) is 3.56. The molecule has 2 N–H and O–H groups in total. The van der Waals surface area contributed by atoms with Crippen LogP contribution in [0, 0.1) is 11.3 Å². The van der Waals surface area contributed by atoms with Gasteiger partial charge in [-0.1, -0.05) is 6.07 Å². The first kappa shape index (κ1) is 17.3. The SMILES string of the molecule is COc1nccc(COc2cc(C#N)nc(Nc3ccc4cc[nH]c4c3)c2)n1. The highest BCUT2D eigenvalue weighted by atomic mass is 16.5. The number of aromatic nitrogens is 4. The molecule has 0 amide bonds. The molecule has 1 aromatic carbocycles. The van der Waals surface area contributed by atoms with Crippen LogP contribution in [0.3, 0.4) is 0 Å². The van der Waals surface area contributed by atoms with Crippen molar-refractivity contribution < 1.29 is 9.47 Å². The van der Waals surface area contributed by atoms with Gasteiger partial charge in [-0.05, 0) is 29.7 Å². The molecule has 28 heavy (non-hydrogen) atoms. The number of nitrogens with zero attached hydrogens (tertiary/aromatic N) is 4. The molecule has 0 spiro atoms. The fourth-order valence-electron chi connectivity index (χ4n) is 2.70. The second-order valence-electron chi connectivity index (χ2n) is 5.91. The van der Waals surface area contributed by atoms with Crippen molar-refractivity contribution in [3.8, 4) is 17.8 Å². The Bertz CT molecular complexity index is 1160. The maximum absolute atomic E-state index is 9.28. The van der Waals surface area contributed by atoms with E-state index in [4.69, 9.17) is 9.47 Å². The van der Waals surface area contributed by atoms with Crippen LogP contribution in [-0.2, 0) is 6.61 Å². The zero-order chi connectivity index (χ0) is 19.3. The van der Waals surface area contributed by atoms with Crippen LogP contribution >= 0.6 is 0 Å². The van der Waals surface area contributed by atoms with E-state index in [1.54, 1.807) is 24.4 Å². The molecule has 0 fully saturated rings. The Balaban J connectivity index is 1.54. The normalized spacial score (nSPS) is 10.4. The number of hydrogen-bond acceptors (Lipinski definition) is 7. The maximum atomic E-state index is 9.28. The molecule has 0 aliphatic heterocycles. The molecule has 4 aromatic rings. The van der Waals surface area contributed by atoms with Crippen LogP contribution in [0.25, 0.3) is 10.9 Å². The number of anilines is 2. The van der Waals surface area contributed by atoms with E-state index >= 15 is 0 Å². The minimum Gasteiger partial charge on any atom is -0.487 e. The molecule has 0 aliphatic carbocycles. The number of hydrogen-bond donors (Lipinski definition) is 2. The molecule has 0 radical (unpaired) electrons. The summed E-state index contributed by atoms with van der Waals surface area (Å²) in [4.78, 5) is 15.6. The van der Waals surface area contributed by atoms with Crippen molar-refractivity contribution in [1.82, 2.24) is 19.9 Å². The smallest absolute Gasteiger partial charge is 0.316 e. The third-order valence-electron chi connectivity index (χ3n) is 4.00. The molecule has 0 saturated heterocycles. The minimum atomic E-state index is 0.210. The first-order chi connectivity index (χ1) is 13.7. The Morgan fingerprint density at radius 2 is 2.07 bits per heavy atom. The number of aromatic amines is 1. The Morgan fingerprint density at radius 1 is 1.14 bits per heavy atom. The van der Waals surface area contributed by atoms with Gasteiger partial charge in [-0.2, -0.15) is 10.2 Å². The summed E-state index contributed by atoms with van der Waals surface area (Å²) in [5.74, 6) is 1.02. The van der Waals surface area contributed by atoms with E-state index < -0.39 is 0 Å². The highest BCUT2D eigenvalue weighted by Gasteiger charge is 2.07. The molecule has 3 aromatic heterocycles. The lowest BCUT2D eigenvalue weighted by molar-refractivity contribution is 0.296. The molecular formula is C20H16N6O2. The van der Waals surface area contributed by atoms with Crippen LogP contribution in [0.2, 0.25) is 0 Å². The Morgan fingerprint density at radius 3 is 2.93 bits per heavy atom. The van der Waals surface area contributed by atoms with Gasteiger partial charge in [0.15, 0.2) is 0 Å². The van der Waals surface area contributed by atoms with Gasteiger partial charge in [-0.25, -0.2) is 9.97 Å². The molecule has 3 heterocycles. The lowest BCUT2D eigenvalue weighted by atomic mass is 10.2. The van der Waals surface area contributed by atoms with Gasteiger partial charge in [-0.3, -0.25) is 0 Å². The first-order valence-corrected chi connectivity index (χ1v) is 8.48. The summed E-state index contributed by atoms with van der Waals surface area (Å²) < 4.78 is 10.8. The van der Waals surface area contributed by atoms with Crippen molar-refractivity contribution in [3.63, 3.8) is 0 Å². The van der Waals surface area contributed by atoms with E-state index in [9.17, 15) is 5.26 Å². The van der Waals surface area contributed by atoms with E-state index in [1.165, 1.54) is 7.11 Å². The van der Waals surface area contributed by atoms with Gasteiger partial charge < -0.3 is 19.8 Å². The summed E-state index contributed by atoms with van der Waals surface area (Å²) in [6.07, 6.45) is 3.48. The van der Waals surface area contributed by atoms with Crippen molar-refractivity contribution in [1.29, 1.82) is 5.26 Å². The Kier molecular flexibility index (Phi) is 4.72. The van der Waals surface area contributed by atoms with E-state index in [0.29, 0.717) is 17.3 Å². The minimum absolute atomic E-state index is 0.210. The number of fused-ring (bicyclic) bond motifs is 1. The van der Waals surface area contributed by atoms with Gasteiger partial charge in [0.25, 0.3) is 0 Å². The number of methoxy groups -OCH3 is 1. The van der Waals surface area contributed by atoms with Crippen LogP contribution in [0.4, 0.5) is 11.5 Å². The number of pyridine rings is 1. The summed E-state index contributed by atoms with van der Waals surface area (Å²) in [7, 11) is 1.50. The summed E-state index contributed by atoms with van der Waals surface area (Å²) in [6.45, 7) is 0.210. The number of nitriles is 1. The fourth-order valence-corrected chi connectivity index (χ4v) is 2.70. The summed E-state index contributed by atoms with van der Waals surface area (Å²) in [5, 5.41) is 13.6. The summed E-state index contributed by atoms with van der Waals surface area (Å²) >= 11 is 0. The molecule has 8 nitrogen and oxygen atoms in total. The van der Waals surface area contributed by atoms with Gasteiger partial charge in [0.2, 0.25) is 0 Å². The molecule has 4 rings (SSSR count). The van der Waals surface area contributed by atoms with Crippen LogP contribution in [0.15, 0.2) is 54.9 Å². The van der Waals surface area contributed by atoms with E-state index in [0.717, 1.165) is 16.6 Å². The van der Waals surface area contributed by atoms with E-state index in [-0.39, 0.29) is 18.3 Å². The standard InChI is InChI=1S/C20H16N6O2/c1-27-20-23-7-5-15(26-20)12-28-17-8-16(11-21)25-19(10-17)24-14-3-2-13-4-6-22-18(13)9-14/h2-10,22H,12H2,1H3,(H,24,25). The molecule has 0 atom stereocenters. The Hall–Kier alpha value is -4.12. The van der Waals surface area contributed by atoms with Crippen LogP contribution in [-0.4, -0.2) is 27.0 Å². The lowest BCUT2D eigenvalue weighted by Crippen LogP contribution is -2.02. The fraction of sp³-hybridized carbons (Fsp3) is 0.100. The first-order valence-electron chi connectivity index (χ1n) is 8.48. The zero-order valence-electron chi connectivity index (χ0n) is 15.0. The van der Waals surface area contributed by atoms with Crippen molar-refractivity contribution in [2.24, 2.45) is 0 Å². The second-order valence-corrected chi connectivity index (χ2v) is 5.91. The van der Waals surface area contributed by atoms with Crippen molar-refractivity contribution in [2.75, 3.05) is 12.4 Å². The Labute approximate surface area is 160 Å². The highest BCUT2D eigenvalue weighted by Crippen LogP contribution is 2.24. The summed E-state index contributed by atoms with van der Waals surface area (Å²) in [5.41, 5.74) is 2.77. The van der Waals surface area contributed by atoms with Gasteiger partial charge in [0.1, 0.15) is 29.9 Å². The molecule has 0 saturated carbocycles. The molecular weight excluding hydrogens is 356 g/mol. The molecule has 138 valence electrons. The van der Waals surface area contributed by atoms with Gasteiger partial charge >= 0.3 is 6.01 Å². The van der Waals surface area contributed by atoms with Crippen LogP contribution in [0.1, 0.15) is 11.4 Å². The third kappa shape index (κ3) is 3.83. The van der Waals surface area contributed by atoms with Crippen LogP contribution in [0.5, 0.6) is 11.8 Å². The van der Waals surface area contributed by atoms with Crippen molar-refractivity contribution >= 4 is 22.4 Å². The average molecular weight is 372 g/mol.